The third-order valence-corrected chi connectivity index (χ3v) is 3.68. The molecule has 0 aliphatic heterocycles. The van der Waals surface area contributed by atoms with Crippen molar-refractivity contribution in [3.05, 3.63) is 0 Å². The number of carbonyl (C=O) groups is 1. The van der Waals surface area contributed by atoms with E-state index < -0.39 is 0 Å². The molecule has 1 saturated carbocycles. The van der Waals surface area contributed by atoms with E-state index in [1.807, 2.05) is 13.8 Å². The van der Waals surface area contributed by atoms with Crippen LogP contribution in [0.15, 0.2) is 0 Å². The van der Waals surface area contributed by atoms with E-state index in [1.165, 1.54) is 12.8 Å². The number of nitrogens with one attached hydrogen (secondary N) is 1. The van der Waals surface area contributed by atoms with Crippen LogP contribution in [-0.2, 0) is 4.79 Å². The minimum Gasteiger partial charge on any atom is -0.393 e. The van der Waals surface area contributed by atoms with Gasteiger partial charge in [0.2, 0.25) is 5.91 Å². The number of nitrogens with two attached hydrogens (primary N) is 1. The SMILES string of the molecule is CCN(CCNC(=O)C(C(N)=S)C(C)C)C1CC1. The van der Waals surface area contributed by atoms with Gasteiger partial charge in [0.25, 0.3) is 0 Å². The van der Waals surface area contributed by atoms with Gasteiger partial charge < -0.3 is 11.1 Å². The molecule has 0 bridgehead atoms. The second-order valence-corrected chi connectivity index (χ2v) is 5.75. The van der Waals surface area contributed by atoms with Crippen molar-refractivity contribution in [3.8, 4) is 0 Å². The summed E-state index contributed by atoms with van der Waals surface area (Å²) in [5, 5.41) is 2.94. The number of rotatable bonds is 8. The Kier molecular flexibility index (Phi) is 6.02. The zero-order valence-electron chi connectivity index (χ0n) is 11.6. The summed E-state index contributed by atoms with van der Waals surface area (Å²) in [6.07, 6.45) is 2.59. The summed E-state index contributed by atoms with van der Waals surface area (Å²) in [6, 6.07) is 0.739. The van der Waals surface area contributed by atoms with Gasteiger partial charge in [-0.25, -0.2) is 0 Å². The molecule has 0 aromatic heterocycles. The van der Waals surface area contributed by atoms with Crippen LogP contribution in [0.3, 0.4) is 0 Å². The molecule has 1 atom stereocenters. The lowest BCUT2D eigenvalue weighted by Gasteiger charge is -2.22. The first-order valence-electron chi connectivity index (χ1n) is 6.78. The molecule has 0 spiro atoms. The first kappa shape index (κ1) is 15.4. The highest BCUT2D eigenvalue weighted by atomic mass is 32.1. The van der Waals surface area contributed by atoms with Crippen molar-refractivity contribution >= 4 is 23.1 Å². The quantitative estimate of drug-likeness (QED) is 0.650. The molecule has 0 saturated heterocycles. The average Bonchev–Trinajstić information content (AvgIpc) is 3.07. The molecule has 5 heteroatoms. The predicted molar refractivity (Wildman–Crippen MR) is 78.4 cm³/mol. The Morgan fingerprint density at radius 3 is 2.50 bits per heavy atom. The van der Waals surface area contributed by atoms with Crippen molar-refractivity contribution in [2.75, 3.05) is 19.6 Å². The number of nitrogens with zero attached hydrogens (tertiary/aromatic N) is 1. The van der Waals surface area contributed by atoms with Gasteiger partial charge in [-0.3, -0.25) is 9.69 Å². The van der Waals surface area contributed by atoms with Crippen LogP contribution >= 0.6 is 12.2 Å². The van der Waals surface area contributed by atoms with Crippen LogP contribution in [0, 0.1) is 11.8 Å². The summed E-state index contributed by atoms with van der Waals surface area (Å²) in [6.45, 7) is 8.72. The van der Waals surface area contributed by atoms with Crippen molar-refractivity contribution in [1.29, 1.82) is 0 Å². The summed E-state index contributed by atoms with van der Waals surface area (Å²) in [5.41, 5.74) is 5.61. The van der Waals surface area contributed by atoms with Crippen LogP contribution in [0.1, 0.15) is 33.6 Å². The van der Waals surface area contributed by atoms with Gasteiger partial charge in [-0.2, -0.15) is 0 Å². The van der Waals surface area contributed by atoms with E-state index in [0.717, 1.165) is 19.1 Å². The van der Waals surface area contributed by atoms with Crippen molar-refractivity contribution in [3.63, 3.8) is 0 Å². The van der Waals surface area contributed by atoms with Crippen LogP contribution < -0.4 is 11.1 Å². The lowest BCUT2D eigenvalue weighted by atomic mass is 9.95. The molecule has 0 aromatic rings. The molecule has 1 rings (SSSR count). The number of amides is 1. The topological polar surface area (TPSA) is 58.4 Å². The van der Waals surface area contributed by atoms with E-state index in [4.69, 9.17) is 18.0 Å². The van der Waals surface area contributed by atoms with E-state index in [1.54, 1.807) is 0 Å². The molecule has 1 aliphatic carbocycles. The van der Waals surface area contributed by atoms with E-state index in [0.29, 0.717) is 6.54 Å². The Morgan fingerprint density at radius 1 is 1.50 bits per heavy atom. The largest absolute Gasteiger partial charge is 0.393 e. The Bertz CT molecular complexity index is 303. The fourth-order valence-corrected chi connectivity index (χ4v) is 2.61. The van der Waals surface area contributed by atoms with Crippen molar-refractivity contribution in [2.24, 2.45) is 17.6 Å². The fraction of sp³-hybridized carbons (Fsp3) is 0.846. The van der Waals surface area contributed by atoms with Gasteiger partial charge in [0, 0.05) is 19.1 Å². The minimum atomic E-state index is -0.351. The molecule has 1 amide bonds. The number of hydrogen-bond acceptors (Lipinski definition) is 3. The highest BCUT2D eigenvalue weighted by Crippen LogP contribution is 2.25. The smallest absolute Gasteiger partial charge is 0.230 e. The maximum atomic E-state index is 12.0. The molecule has 1 fully saturated rings. The van der Waals surface area contributed by atoms with Gasteiger partial charge >= 0.3 is 0 Å². The van der Waals surface area contributed by atoms with Gasteiger partial charge in [0.15, 0.2) is 0 Å². The summed E-state index contributed by atoms with van der Waals surface area (Å²) in [4.78, 5) is 14.7. The normalized spacial score (nSPS) is 16.9. The lowest BCUT2D eigenvalue weighted by molar-refractivity contribution is -0.124. The number of carbonyl (C=O) groups excluding carboxylic acids is 1. The second kappa shape index (κ2) is 7.04. The van der Waals surface area contributed by atoms with Crippen LogP contribution in [0.4, 0.5) is 0 Å². The minimum absolute atomic E-state index is 0.0376. The zero-order chi connectivity index (χ0) is 13.7. The lowest BCUT2D eigenvalue weighted by Crippen LogP contribution is -2.43. The summed E-state index contributed by atoms with van der Waals surface area (Å²) in [5.74, 6) is -0.242. The highest BCUT2D eigenvalue weighted by Gasteiger charge is 2.28. The van der Waals surface area contributed by atoms with E-state index in [-0.39, 0.29) is 22.7 Å². The van der Waals surface area contributed by atoms with Crippen molar-refractivity contribution in [1.82, 2.24) is 10.2 Å². The molecule has 0 radical (unpaired) electrons. The fourth-order valence-electron chi connectivity index (χ4n) is 2.23. The maximum absolute atomic E-state index is 12.0. The number of thiocarbonyl (C=S) groups is 1. The van der Waals surface area contributed by atoms with E-state index >= 15 is 0 Å². The molecule has 0 aromatic carbocycles. The Balaban J connectivity index is 2.32. The predicted octanol–water partition coefficient (Wildman–Crippen LogP) is 1.15. The van der Waals surface area contributed by atoms with Crippen LogP contribution in [0.2, 0.25) is 0 Å². The molecule has 1 unspecified atom stereocenters. The molecular weight excluding hydrogens is 246 g/mol. The van der Waals surface area contributed by atoms with E-state index in [2.05, 4.69) is 17.1 Å². The third-order valence-electron chi connectivity index (χ3n) is 3.42. The Hall–Kier alpha value is -0.680. The number of likely N-dealkylation sites (N-methyl/N-ethyl adjacent to an activating group) is 1. The number of hydrogen-bond donors (Lipinski definition) is 2. The molecule has 3 N–H and O–H groups in total. The summed E-state index contributed by atoms with van der Waals surface area (Å²) < 4.78 is 0. The molecule has 104 valence electrons. The van der Waals surface area contributed by atoms with Crippen molar-refractivity contribution in [2.45, 2.75) is 39.7 Å². The van der Waals surface area contributed by atoms with Crippen LogP contribution in [-0.4, -0.2) is 41.5 Å². The van der Waals surface area contributed by atoms with Gasteiger partial charge in [0.05, 0.1) is 10.9 Å². The first-order valence-corrected chi connectivity index (χ1v) is 7.19. The van der Waals surface area contributed by atoms with Crippen LogP contribution in [0.5, 0.6) is 0 Å². The summed E-state index contributed by atoms with van der Waals surface area (Å²) >= 11 is 4.95. The summed E-state index contributed by atoms with van der Waals surface area (Å²) in [7, 11) is 0. The van der Waals surface area contributed by atoms with Crippen molar-refractivity contribution < 1.29 is 4.79 Å². The average molecular weight is 271 g/mol. The highest BCUT2D eigenvalue weighted by molar-refractivity contribution is 7.80. The molecule has 1 aliphatic rings. The maximum Gasteiger partial charge on any atom is 0.230 e. The first-order chi connectivity index (χ1) is 8.47. The van der Waals surface area contributed by atoms with Gasteiger partial charge in [-0.15, -0.1) is 0 Å². The molecule has 18 heavy (non-hydrogen) atoms. The Labute approximate surface area is 115 Å². The van der Waals surface area contributed by atoms with Gasteiger partial charge in [-0.05, 0) is 25.3 Å². The standard InChI is InChI=1S/C13H25N3OS/c1-4-16(10-5-6-10)8-7-15-13(17)11(9(2)3)12(14)18/h9-11H,4-8H2,1-3H3,(H2,14,18)(H,15,17). The Morgan fingerprint density at radius 2 is 2.11 bits per heavy atom. The third kappa shape index (κ3) is 4.53. The monoisotopic (exact) mass is 271 g/mol. The molecular formula is C13H25N3OS. The molecule has 4 nitrogen and oxygen atoms in total. The molecule has 0 heterocycles. The second-order valence-electron chi connectivity index (χ2n) is 5.27. The van der Waals surface area contributed by atoms with Gasteiger partial charge in [-0.1, -0.05) is 33.0 Å². The van der Waals surface area contributed by atoms with Gasteiger partial charge in [0.1, 0.15) is 0 Å². The van der Waals surface area contributed by atoms with E-state index in [9.17, 15) is 4.79 Å². The zero-order valence-corrected chi connectivity index (χ0v) is 12.4. The van der Waals surface area contributed by atoms with Crippen LogP contribution in [0.25, 0.3) is 0 Å².